The fourth-order valence-electron chi connectivity index (χ4n) is 3.78. The Balaban J connectivity index is 1.93. The van der Waals surface area contributed by atoms with Gasteiger partial charge in [0.15, 0.2) is 23.0 Å². The third-order valence-corrected chi connectivity index (χ3v) is 5.89. The molecule has 0 aliphatic carbocycles. The predicted octanol–water partition coefficient (Wildman–Crippen LogP) is 1.85. The van der Waals surface area contributed by atoms with Crippen LogP contribution < -0.4 is 29.8 Å². The normalized spacial score (nSPS) is 11.5. The zero-order chi connectivity index (χ0) is 34.7. The van der Waals surface area contributed by atoms with Crippen LogP contribution in [-0.2, 0) is 28.7 Å². The number of amides is 2. The first kappa shape index (κ1) is 35.0. The highest BCUT2D eigenvalue weighted by molar-refractivity contribution is 5.99. The Morgan fingerprint density at radius 2 is 1.06 bits per heavy atom. The van der Waals surface area contributed by atoms with Gasteiger partial charge in [-0.25, -0.2) is 14.4 Å². The fraction of sp³-hybridized carbons (Fsp3) is 0.194. The number of benzene rings is 3. The Bertz CT molecular complexity index is 1690. The Morgan fingerprint density at radius 3 is 1.49 bits per heavy atom. The maximum Gasteiger partial charge on any atom is 0.349 e. The molecule has 3 N–H and O–H groups in total. The SMILES string of the molecule is COc1cc(C(=O)O[C@H](C(=O)O)[C@H](OC(=O)c2ccc(OC(C)=O)c(OC)c2)C(=O)NNC(=O)c2ccccc2)ccc1OC(C)=O. The molecule has 47 heavy (non-hydrogen) atoms. The largest absolute Gasteiger partial charge is 0.493 e. The number of carboxylic acid groups (broad SMARTS) is 1. The number of nitrogens with one attached hydrogen (secondary N) is 2. The number of aliphatic carboxylic acids is 1. The first-order valence-corrected chi connectivity index (χ1v) is 13.4. The molecule has 0 bridgehead atoms. The van der Waals surface area contributed by atoms with E-state index in [1.807, 2.05) is 5.43 Å². The highest BCUT2D eigenvalue weighted by Gasteiger charge is 2.41. The zero-order valence-electron chi connectivity index (χ0n) is 25.3. The van der Waals surface area contributed by atoms with Gasteiger partial charge >= 0.3 is 29.8 Å². The van der Waals surface area contributed by atoms with Crippen molar-refractivity contribution in [2.75, 3.05) is 14.2 Å². The Labute approximate surface area is 266 Å². The number of carbonyl (C=O) groups is 7. The van der Waals surface area contributed by atoms with Crippen molar-refractivity contribution in [3.63, 3.8) is 0 Å². The van der Waals surface area contributed by atoms with Crippen molar-refractivity contribution in [2.45, 2.75) is 26.1 Å². The van der Waals surface area contributed by atoms with E-state index in [-0.39, 0.29) is 39.7 Å². The van der Waals surface area contributed by atoms with Gasteiger partial charge in [-0.3, -0.25) is 30.0 Å². The van der Waals surface area contributed by atoms with Crippen LogP contribution in [0.15, 0.2) is 66.7 Å². The van der Waals surface area contributed by atoms with Crippen molar-refractivity contribution in [3.05, 3.63) is 83.4 Å². The minimum absolute atomic E-state index is 0.0537. The molecule has 246 valence electrons. The maximum absolute atomic E-state index is 13.2. The van der Waals surface area contributed by atoms with Crippen LogP contribution in [0.3, 0.4) is 0 Å². The Kier molecular flexibility index (Phi) is 11.9. The lowest BCUT2D eigenvalue weighted by Gasteiger charge is -2.24. The number of methoxy groups -OCH3 is 2. The molecule has 0 fully saturated rings. The Hall–Kier alpha value is -6.45. The Morgan fingerprint density at radius 1 is 0.596 bits per heavy atom. The first-order valence-electron chi connectivity index (χ1n) is 13.4. The van der Waals surface area contributed by atoms with Crippen LogP contribution in [0, 0.1) is 0 Å². The van der Waals surface area contributed by atoms with Gasteiger partial charge in [0.2, 0.25) is 12.2 Å². The summed E-state index contributed by atoms with van der Waals surface area (Å²) in [6.07, 6.45) is -4.86. The lowest BCUT2D eigenvalue weighted by Crippen LogP contribution is -2.54. The second-order valence-electron chi connectivity index (χ2n) is 9.22. The third-order valence-electron chi connectivity index (χ3n) is 5.89. The van der Waals surface area contributed by atoms with E-state index in [4.69, 9.17) is 28.4 Å². The van der Waals surface area contributed by atoms with Gasteiger partial charge in [-0.15, -0.1) is 0 Å². The van der Waals surface area contributed by atoms with E-state index in [0.29, 0.717) is 0 Å². The second-order valence-corrected chi connectivity index (χ2v) is 9.22. The first-order chi connectivity index (χ1) is 22.3. The number of hydrogen-bond acceptors (Lipinski definition) is 13. The highest BCUT2D eigenvalue weighted by Crippen LogP contribution is 2.30. The molecule has 3 aromatic rings. The second kappa shape index (κ2) is 16.0. The van der Waals surface area contributed by atoms with E-state index in [1.165, 1.54) is 38.5 Å². The van der Waals surface area contributed by atoms with Crippen LogP contribution in [0.2, 0.25) is 0 Å². The van der Waals surface area contributed by atoms with Crippen molar-refractivity contribution in [3.8, 4) is 23.0 Å². The predicted molar refractivity (Wildman–Crippen MR) is 157 cm³/mol. The van der Waals surface area contributed by atoms with Crippen LogP contribution in [0.5, 0.6) is 23.0 Å². The van der Waals surface area contributed by atoms with E-state index in [9.17, 15) is 38.7 Å². The number of rotatable bonds is 12. The lowest BCUT2D eigenvalue weighted by molar-refractivity contribution is -0.159. The lowest BCUT2D eigenvalue weighted by atomic mass is 10.1. The van der Waals surface area contributed by atoms with E-state index >= 15 is 0 Å². The average molecular weight is 653 g/mol. The van der Waals surface area contributed by atoms with Gasteiger partial charge in [0.05, 0.1) is 25.3 Å². The van der Waals surface area contributed by atoms with Crippen molar-refractivity contribution in [2.24, 2.45) is 0 Å². The molecule has 3 aromatic carbocycles. The molecule has 0 aliphatic heterocycles. The molecule has 0 radical (unpaired) electrons. The zero-order valence-corrected chi connectivity index (χ0v) is 25.3. The van der Waals surface area contributed by atoms with Crippen molar-refractivity contribution < 1.29 is 67.1 Å². The molecule has 0 heterocycles. The minimum atomic E-state index is -2.47. The summed E-state index contributed by atoms with van der Waals surface area (Å²) in [6, 6.07) is 14.4. The van der Waals surface area contributed by atoms with Crippen molar-refractivity contribution in [1.29, 1.82) is 0 Å². The number of ether oxygens (including phenoxy) is 6. The fourth-order valence-corrected chi connectivity index (χ4v) is 3.78. The number of carboxylic acids is 1. The summed E-state index contributed by atoms with van der Waals surface area (Å²) >= 11 is 0. The summed E-state index contributed by atoms with van der Waals surface area (Å²) in [7, 11) is 2.44. The molecule has 0 saturated heterocycles. The van der Waals surface area contributed by atoms with Crippen molar-refractivity contribution in [1.82, 2.24) is 10.9 Å². The van der Waals surface area contributed by atoms with Gasteiger partial charge in [0, 0.05) is 19.4 Å². The monoisotopic (exact) mass is 652 g/mol. The van der Waals surface area contributed by atoms with E-state index in [2.05, 4.69) is 5.43 Å². The number of hydrazine groups is 1. The molecular weight excluding hydrogens is 624 g/mol. The maximum atomic E-state index is 13.2. The molecule has 16 heteroatoms. The van der Waals surface area contributed by atoms with Crippen LogP contribution in [-0.4, -0.2) is 73.2 Å². The molecule has 0 unspecified atom stereocenters. The van der Waals surface area contributed by atoms with Crippen LogP contribution >= 0.6 is 0 Å². The third kappa shape index (κ3) is 9.52. The van der Waals surface area contributed by atoms with Crippen LogP contribution in [0.25, 0.3) is 0 Å². The summed E-state index contributed by atoms with van der Waals surface area (Å²) in [6.45, 7) is 2.28. The molecule has 0 spiro atoms. The van der Waals surface area contributed by atoms with Gasteiger partial charge in [-0.1, -0.05) is 18.2 Å². The van der Waals surface area contributed by atoms with Gasteiger partial charge < -0.3 is 33.5 Å². The van der Waals surface area contributed by atoms with Gasteiger partial charge in [0.25, 0.3) is 11.8 Å². The van der Waals surface area contributed by atoms with E-state index in [0.717, 1.165) is 38.1 Å². The summed E-state index contributed by atoms with van der Waals surface area (Å²) in [5.74, 6) is -8.35. The molecule has 2 amide bonds. The van der Waals surface area contributed by atoms with Crippen molar-refractivity contribution >= 4 is 41.7 Å². The van der Waals surface area contributed by atoms with E-state index < -0.39 is 53.9 Å². The minimum Gasteiger partial charge on any atom is -0.493 e. The summed E-state index contributed by atoms with van der Waals surface area (Å²) in [4.78, 5) is 87.0. The molecule has 2 atom stereocenters. The number of esters is 4. The number of hydrogen-bond donors (Lipinski definition) is 3. The molecule has 16 nitrogen and oxygen atoms in total. The van der Waals surface area contributed by atoms with Gasteiger partial charge in [0.1, 0.15) is 0 Å². The average Bonchev–Trinajstić information content (AvgIpc) is 3.04. The smallest absolute Gasteiger partial charge is 0.349 e. The van der Waals surface area contributed by atoms with Gasteiger partial charge in [-0.05, 0) is 48.5 Å². The molecular formula is C31H28N2O14. The van der Waals surface area contributed by atoms with Crippen LogP contribution in [0.4, 0.5) is 0 Å². The highest BCUT2D eigenvalue weighted by atomic mass is 16.6. The standard InChI is InChI=1S/C31H28N2O14/c1-16(34)44-21-12-10-19(14-23(21)42-3)30(40)46-25(28(37)33-32-27(36)18-8-6-5-7-9-18)26(29(38)39)47-31(41)20-11-13-22(45-17(2)35)24(15-20)43-4/h5-15,25-26H,1-4H3,(H,32,36)(H,33,37)(H,38,39)/t25-,26-/m0/s1. The topological polar surface area (TPSA) is 219 Å². The van der Waals surface area contributed by atoms with E-state index in [1.54, 1.807) is 18.2 Å². The summed E-state index contributed by atoms with van der Waals surface area (Å²) < 4.78 is 30.5. The molecule has 3 rings (SSSR count). The van der Waals surface area contributed by atoms with Gasteiger partial charge in [-0.2, -0.15) is 0 Å². The number of carbonyl (C=O) groups excluding carboxylic acids is 6. The molecule has 0 aliphatic rings. The summed E-state index contributed by atoms with van der Waals surface area (Å²) in [5, 5.41) is 9.99. The summed E-state index contributed by atoms with van der Waals surface area (Å²) in [5.41, 5.74) is 3.56. The van der Waals surface area contributed by atoms with Crippen LogP contribution in [0.1, 0.15) is 44.9 Å². The quantitative estimate of drug-likeness (QED) is 0.144. The molecule has 0 aromatic heterocycles. The molecule has 0 saturated carbocycles.